The molecule has 8 nitrogen and oxygen atoms in total. The van der Waals surface area contributed by atoms with Crippen LogP contribution in [-0.4, -0.2) is 38.9 Å². The first kappa shape index (κ1) is 19.6. The summed E-state index contributed by atoms with van der Waals surface area (Å²) in [6, 6.07) is 8.32. The maximum Gasteiger partial charge on any atom is 0.270 e. The topological polar surface area (TPSA) is 91.0 Å². The summed E-state index contributed by atoms with van der Waals surface area (Å²) in [6.07, 6.45) is 6.05. The van der Waals surface area contributed by atoms with Crippen LogP contribution in [0.15, 0.2) is 53.8 Å². The average molecular weight is 402 g/mol. The Labute approximate surface area is 166 Å². The molecule has 0 unspecified atom stereocenters. The fourth-order valence-electron chi connectivity index (χ4n) is 2.65. The third-order valence-electron chi connectivity index (χ3n) is 4.07. The SMILES string of the molecule is COc1cc(=O)n(CC(=O)NCCCn2ccnc2)nc1-c1ccc(Cl)cc1. The molecule has 0 radical (unpaired) electrons. The number of halogens is 1. The van der Waals surface area contributed by atoms with Crippen LogP contribution in [-0.2, 0) is 17.9 Å². The number of benzene rings is 1. The molecule has 3 rings (SSSR count). The molecule has 0 bridgehead atoms. The van der Waals surface area contributed by atoms with Gasteiger partial charge < -0.3 is 14.6 Å². The van der Waals surface area contributed by atoms with Crippen LogP contribution in [0.3, 0.4) is 0 Å². The van der Waals surface area contributed by atoms with Gasteiger partial charge in [0.2, 0.25) is 5.91 Å². The first-order valence-electron chi connectivity index (χ1n) is 8.71. The normalized spacial score (nSPS) is 10.6. The van der Waals surface area contributed by atoms with E-state index in [4.69, 9.17) is 16.3 Å². The van der Waals surface area contributed by atoms with Gasteiger partial charge in [-0.25, -0.2) is 9.67 Å². The van der Waals surface area contributed by atoms with E-state index in [0.717, 1.165) is 23.2 Å². The molecule has 146 valence electrons. The molecule has 0 aliphatic heterocycles. The number of rotatable bonds is 8. The van der Waals surface area contributed by atoms with Gasteiger partial charge in [0, 0.05) is 42.1 Å². The number of carbonyl (C=O) groups excluding carboxylic acids is 1. The predicted molar refractivity (Wildman–Crippen MR) is 105 cm³/mol. The predicted octanol–water partition coefficient (Wildman–Crippen LogP) is 1.98. The minimum Gasteiger partial charge on any atom is -0.494 e. The Morgan fingerprint density at radius 1 is 1.29 bits per heavy atom. The Bertz CT molecular complexity index is 984. The molecule has 0 aliphatic carbocycles. The molecule has 3 aromatic rings. The molecule has 9 heteroatoms. The van der Waals surface area contributed by atoms with Crippen molar-refractivity contribution >= 4 is 17.5 Å². The number of hydrogen-bond acceptors (Lipinski definition) is 5. The van der Waals surface area contributed by atoms with Gasteiger partial charge in [-0.15, -0.1) is 0 Å². The van der Waals surface area contributed by atoms with E-state index < -0.39 is 5.56 Å². The first-order valence-corrected chi connectivity index (χ1v) is 9.09. The largest absolute Gasteiger partial charge is 0.494 e. The molecule has 0 atom stereocenters. The van der Waals surface area contributed by atoms with Gasteiger partial charge in [-0.1, -0.05) is 23.7 Å². The van der Waals surface area contributed by atoms with E-state index in [9.17, 15) is 9.59 Å². The summed E-state index contributed by atoms with van der Waals surface area (Å²) in [5.74, 6) is 0.0526. The molecule has 2 heterocycles. The van der Waals surface area contributed by atoms with Crippen LogP contribution in [0.4, 0.5) is 0 Å². The Morgan fingerprint density at radius 2 is 2.07 bits per heavy atom. The molecule has 0 saturated carbocycles. The molecular formula is C19H20ClN5O3. The van der Waals surface area contributed by atoms with Crippen LogP contribution < -0.4 is 15.6 Å². The molecule has 0 fully saturated rings. The van der Waals surface area contributed by atoms with Crippen molar-refractivity contribution in [2.24, 2.45) is 0 Å². The highest BCUT2D eigenvalue weighted by atomic mass is 35.5. The number of hydrogen-bond donors (Lipinski definition) is 1. The summed E-state index contributed by atoms with van der Waals surface area (Å²) >= 11 is 5.93. The second kappa shape index (κ2) is 9.18. The minimum absolute atomic E-state index is 0.172. The lowest BCUT2D eigenvalue weighted by Crippen LogP contribution is -2.34. The monoisotopic (exact) mass is 401 g/mol. The Hall–Kier alpha value is -3.13. The van der Waals surface area contributed by atoms with Crippen LogP contribution >= 0.6 is 11.6 Å². The van der Waals surface area contributed by atoms with Gasteiger partial charge in [0.1, 0.15) is 12.2 Å². The highest BCUT2D eigenvalue weighted by molar-refractivity contribution is 6.30. The number of methoxy groups -OCH3 is 1. The lowest BCUT2D eigenvalue weighted by Gasteiger charge is -2.12. The van der Waals surface area contributed by atoms with Crippen molar-refractivity contribution in [3.8, 4) is 17.0 Å². The van der Waals surface area contributed by atoms with E-state index in [1.54, 1.807) is 36.8 Å². The van der Waals surface area contributed by atoms with Crippen LogP contribution in [0, 0.1) is 0 Å². The first-order chi connectivity index (χ1) is 13.6. The van der Waals surface area contributed by atoms with Crippen LogP contribution in [0.2, 0.25) is 5.02 Å². The Morgan fingerprint density at radius 3 is 2.75 bits per heavy atom. The zero-order valence-corrected chi connectivity index (χ0v) is 16.1. The van der Waals surface area contributed by atoms with E-state index in [2.05, 4.69) is 15.4 Å². The molecule has 0 saturated heterocycles. The third kappa shape index (κ3) is 4.98. The fourth-order valence-corrected chi connectivity index (χ4v) is 2.78. The molecule has 1 aromatic carbocycles. The van der Waals surface area contributed by atoms with Gasteiger partial charge in [0.25, 0.3) is 5.56 Å². The Balaban J connectivity index is 1.67. The standard InChI is InChI=1S/C19H20ClN5O3/c1-28-16-11-18(27)25(23-19(16)14-3-5-15(20)6-4-14)12-17(26)22-7-2-9-24-10-8-21-13-24/h3-6,8,10-11,13H,2,7,9,12H2,1H3,(H,22,26). The van der Waals surface area contributed by atoms with Crippen molar-refractivity contribution in [1.82, 2.24) is 24.6 Å². The molecule has 28 heavy (non-hydrogen) atoms. The molecule has 0 aliphatic rings. The zero-order chi connectivity index (χ0) is 19.9. The van der Waals surface area contributed by atoms with Crippen molar-refractivity contribution < 1.29 is 9.53 Å². The minimum atomic E-state index is -0.414. The number of carbonyl (C=O) groups is 1. The van der Waals surface area contributed by atoms with Crippen LogP contribution in [0.5, 0.6) is 5.75 Å². The Kier molecular flexibility index (Phi) is 6.44. The van der Waals surface area contributed by atoms with Crippen LogP contribution in [0.1, 0.15) is 6.42 Å². The van der Waals surface area contributed by atoms with Gasteiger partial charge in [-0.2, -0.15) is 5.10 Å². The van der Waals surface area contributed by atoms with Gasteiger partial charge in [0.05, 0.1) is 13.4 Å². The summed E-state index contributed by atoms with van der Waals surface area (Å²) < 4.78 is 8.32. The lowest BCUT2D eigenvalue weighted by atomic mass is 10.1. The van der Waals surface area contributed by atoms with Gasteiger partial charge in [0.15, 0.2) is 5.75 Å². The van der Waals surface area contributed by atoms with Crippen LogP contribution in [0.25, 0.3) is 11.3 Å². The van der Waals surface area contributed by atoms with Gasteiger partial charge in [-0.05, 0) is 18.6 Å². The summed E-state index contributed by atoms with van der Waals surface area (Å²) in [5, 5.41) is 7.70. The van der Waals surface area contributed by atoms with E-state index in [1.807, 2.05) is 10.8 Å². The van der Waals surface area contributed by atoms with Gasteiger partial charge >= 0.3 is 0 Å². The van der Waals surface area contributed by atoms with Gasteiger partial charge in [-0.3, -0.25) is 9.59 Å². The summed E-state index contributed by atoms with van der Waals surface area (Å²) in [5.41, 5.74) is 0.783. The number of aryl methyl sites for hydroxylation is 1. The summed E-state index contributed by atoms with van der Waals surface area (Å²) in [7, 11) is 1.47. The summed E-state index contributed by atoms with van der Waals surface area (Å²) in [6.45, 7) is 1.07. The second-order valence-corrected chi connectivity index (χ2v) is 6.50. The molecular weight excluding hydrogens is 382 g/mol. The maximum atomic E-state index is 12.3. The van der Waals surface area contributed by atoms with Crippen molar-refractivity contribution in [3.05, 3.63) is 64.4 Å². The van der Waals surface area contributed by atoms with Crippen molar-refractivity contribution in [2.45, 2.75) is 19.5 Å². The van der Waals surface area contributed by atoms with E-state index in [-0.39, 0.29) is 12.5 Å². The number of amides is 1. The van der Waals surface area contributed by atoms with E-state index >= 15 is 0 Å². The van der Waals surface area contributed by atoms with E-state index in [1.165, 1.54) is 13.2 Å². The average Bonchev–Trinajstić information content (AvgIpc) is 3.21. The number of nitrogens with zero attached hydrogens (tertiary/aromatic N) is 4. The quantitative estimate of drug-likeness (QED) is 0.583. The number of imidazole rings is 1. The van der Waals surface area contributed by atoms with Crippen molar-refractivity contribution in [3.63, 3.8) is 0 Å². The fraction of sp³-hybridized carbons (Fsp3) is 0.263. The van der Waals surface area contributed by atoms with E-state index in [0.29, 0.717) is 23.0 Å². The molecule has 1 N–H and O–H groups in total. The molecule has 2 aromatic heterocycles. The number of ether oxygens (including phenoxy) is 1. The zero-order valence-electron chi connectivity index (χ0n) is 15.3. The highest BCUT2D eigenvalue weighted by Gasteiger charge is 2.13. The second-order valence-electron chi connectivity index (χ2n) is 6.07. The maximum absolute atomic E-state index is 12.3. The molecule has 1 amide bonds. The number of nitrogens with one attached hydrogen (secondary N) is 1. The highest BCUT2D eigenvalue weighted by Crippen LogP contribution is 2.26. The summed E-state index contributed by atoms with van der Waals surface area (Å²) in [4.78, 5) is 28.4. The number of aromatic nitrogens is 4. The third-order valence-corrected chi connectivity index (χ3v) is 4.32. The van der Waals surface area contributed by atoms with Crippen molar-refractivity contribution in [2.75, 3.05) is 13.7 Å². The smallest absolute Gasteiger partial charge is 0.270 e. The molecule has 0 spiro atoms. The lowest BCUT2D eigenvalue weighted by molar-refractivity contribution is -0.121. The van der Waals surface area contributed by atoms with Crippen molar-refractivity contribution in [1.29, 1.82) is 0 Å².